The summed E-state index contributed by atoms with van der Waals surface area (Å²) in [5, 5.41) is 4.64. The Morgan fingerprint density at radius 2 is 1.69 bits per heavy atom. The third-order valence-corrected chi connectivity index (χ3v) is 1.93. The zero-order valence-electron chi connectivity index (χ0n) is 7.82. The van der Waals surface area contributed by atoms with Crippen molar-refractivity contribution in [3.8, 4) is 0 Å². The molecule has 13 heavy (non-hydrogen) atoms. The summed E-state index contributed by atoms with van der Waals surface area (Å²) < 4.78 is 0. The summed E-state index contributed by atoms with van der Waals surface area (Å²) in [4.78, 5) is 7.76. The molecule has 0 aromatic carbocycles. The molecule has 0 rings (SSSR count). The summed E-state index contributed by atoms with van der Waals surface area (Å²) in [6.45, 7) is 2.18. The molecule has 0 unspecified atom stereocenters. The molecule has 0 bridgehead atoms. The first-order valence-corrected chi connectivity index (χ1v) is 5.30. The molecule has 4 heteroatoms. The van der Waals surface area contributed by atoms with Crippen LogP contribution in [0.5, 0.6) is 0 Å². The van der Waals surface area contributed by atoms with Gasteiger partial charge >= 0.3 is 0 Å². The van der Waals surface area contributed by atoms with Crippen molar-refractivity contribution in [1.29, 1.82) is 0 Å². The summed E-state index contributed by atoms with van der Waals surface area (Å²) in [7, 11) is 0. The van der Waals surface area contributed by atoms with Crippen molar-refractivity contribution in [3.63, 3.8) is 0 Å². The van der Waals surface area contributed by atoms with Gasteiger partial charge in [-0.1, -0.05) is 26.2 Å². The maximum absolute atomic E-state index is 4.51. The Kier molecular flexibility index (Phi) is 9.39. The van der Waals surface area contributed by atoms with Gasteiger partial charge < -0.3 is 0 Å². The molecule has 0 aliphatic rings. The summed E-state index contributed by atoms with van der Waals surface area (Å²) >= 11 is 9.01. The van der Waals surface area contributed by atoms with Gasteiger partial charge in [-0.3, -0.25) is 0 Å². The molecule has 0 fully saturated rings. The first-order chi connectivity index (χ1) is 6.35. The van der Waals surface area contributed by atoms with Crippen LogP contribution in [0, 0.1) is 0 Å². The molecular formula is C9H14N2S2. The Bertz CT molecular complexity index is 198. The van der Waals surface area contributed by atoms with E-state index >= 15 is 0 Å². The van der Waals surface area contributed by atoms with Gasteiger partial charge in [0.1, 0.15) is 0 Å². The maximum atomic E-state index is 4.51. The maximum Gasteiger partial charge on any atom is 0.160 e. The second-order valence-electron chi connectivity index (χ2n) is 2.77. The van der Waals surface area contributed by atoms with Crippen LogP contribution in [0.3, 0.4) is 0 Å². The van der Waals surface area contributed by atoms with Gasteiger partial charge in [0, 0.05) is 0 Å². The summed E-state index contributed by atoms with van der Waals surface area (Å²) in [5.74, 6) is 0. The highest BCUT2D eigenvalue weighted by Gasteiger charge is 2.01. The molecule has 0 saturated carbocycles. The normalized spacial score (nSPS) is 11.2. The zero-order chi connectivity index (χ0) is 9.94. The highest BCUT2D eigenvalue weighted by Crippen LogP contribution is 2.08. The first-order valence-electron chi connectivity index (χ1n) is 4.49. The van der Waals surface area contributed by atoms with Crippen LogP contribution in [0.2, 0.25) is 0 Å². The highest BCUT2D eigenvalue weighted by molar-refractivity contribution is 7.78. The molecule has 0 aliphatic carbocycles. The molecule has 0 atom stereocenters. The van der Waals surface area contributed by atoms with Crippen molar-refractivity contribution in [2.45, 2.75) is 45.2 Å². The van der Waals surface area contributed by atoms with Crippen LogP contribution in [0.25, 0.3) is 0 Å². The van der Waals surface area contributed by atoms with Crippen molar-refractivity contribution < 1.29 is 0 Å². The Morgan fingerprint density at radius 3 is 2.15 bits per heavy atom. The Morgan fingerprint density at radius 1 is 1.08 bits per heavy atom. The van der Waals surface area contributed by atoms with E-state index in [-0.39, 0.29) is 6.17 Å². The summed E-state index contributed by atoms with van der Waals surface area (Å²) in [6, 6.07) is 0. The van der Waals surface area contributed by atoms with Crippen LogP contribution in [-0.2, 0) is 0 Å². The average molecular weight is 214 g/mol. The van der Waals surface area contributed by atoms with Crippen molar-refractivity contribution in [1.82, 2.24) is 0 Å². The molecule has 0 spiro atoms. The van der Waals surface area contributed by atoms with Gasteiger partial charge in [-0.05, 0) is 37.3 Å². The van der Waals surface area contributed by atoms with Gasteiger partial charge in [0.05, 0.1) is 10.3 Å². The third kappa shape index (κ3) is 7.94. The van der Waals surface area contributed by atoms with Crippen LogP contribution in [0.15, 0.2) is 9.98 Å². The SMILES string of the molecule is CCCCCCC(N=C=S)N=C=S. The fourth-order valence-corrected chi connectivity index (χ4v) is 1.28. The van der Waals surface area contributed by atoms with E-state index in [1.165, 1.54) is 19.3 Å². The van der Waals surface area contributed by atoms with E-state index < -0.39 is 0 Å². The largest absolute Gasteiger partial charge is 0.204 e. The molecule has 0 N–H and O–H groups in total. The Balaban J connectivity index is 3.69. The number of unbranched alkanes of at least 4 members (excludes halogenated alkanes) is 3. The smallest absolute Gasteiger partial charge is 0.160 e. The lowest BCUT2D eigenvalue weighted by molar-refractivity contribution is 0.568. The number of aliphatic imine (C=N–C) groups is 2. The van der Waals surface area contributed by atoms with Crippen LogP contribution in [0.1, 0.15) is 39.0 Å². The molecule has 2 nitrogen and oxygen atoms in total. The number of isothiocyanates is 2. The fraction of sp³-hybridized carbons (Fsp3) is 0.778. The molecule has 0 radical (unpaired) electrons. The monoisotopic (exact) mass is 214 g/mol. The molecule has 0 heterocycles. The lowest BCUT2D eigenvalue weighted by Crippen LogP contribution is -1.98. The molecule has 0 aliphatic heterocycles. The van der Waals surface area contributed by atoms with Gasteiger partial charge in [0.2, 0.25) is 0 Å². The second kappa shape index (κ2) is 9.69. The van der Waals surface area contributed by atoms with Crippen molar-refractivity contribution in [2.24, 2.45) is 9.98 Å². The number of thiocarbonyl (C=S) groups is 2. The number of hydrogen-bond donors (Lipinski definition) is 0. The van der Waals surface area contributed by atoms with E-state index in [0.29, 0.717) is 0 Å². The molecule has 0 saturated heterocycles. The standard InChI is InChI=1S/C9H14N2S2/c1-2-3-4-5-6-9(10-7-12)11-8-13/h9H,2-6H2,1H3. The minimum atomic E-state index is -0.146. The lowest BCUT2D eigenvalue weighted by Gasteiger charge is -2.02. The summed E-state index contributed by atoms with van der Waals surface area (Å²) in [6.07, 6.45) is 5.57. The minimum Gasteiger partial charge on any atom is -0.204 e. The third-order valence-electron chi connectivity index (χ3n) is 1.72. The molecule has 0 amide bonds. The van der Waals surface area contributed by atoms with E-state index in [1.807, 2.05) is 0 Å². The molecule has 0 aromatic rings. The molecular weight excluding hydrogens is 200 g/mol. The molecule has 0 aromatic heterocycles. The molecule has 72 valence electrons. The highest BCUT2D eigenvalue weighted by atomic mass is 32.1. The van der Waals surface area contributed by atoms with E-state index in [0.717, 1.165) is 12.8 Å². The predicted octanol–water partition coefficient (Wildman–Crippen LogP) is 3.49. The van der Waals surface area contributed by atoms with E-state index in [1.54, 1.807) is 0 Å². The lowest BCUT2D eigenvalue weighted by atomic mass is 10.1. The number of hydrogen-bond acceptors (Lipinski definition) is 4. The van der Waals surface area contributed by atoms with Gasteiger partial charge in [-0.15, -0.1) is 0 Å². The van der Waals surface area contributed by atoms with Crippen LogP contribution in [-0.4, -0.2) is 16.5 Å². The van der Waals surface area contributed by atoms with Crippen molar-refractivity contribution in [3.05, 3.63) is 0 Å². The van der Waals surface area contributed by atoms with Crippen LogP contribution < -0.4 is 0 Å². The van der Waals surface area contributed by atoms with Gasteiger partial charge in [-0.2, -0.15) is 0 Å². The van der Waals surface area contributed by atoms with Crippen molar-refractivity contribution in [2.75, 3.05) is 0 Å². The zero-order valence-corrected chi connectivity index (χ0v) is 9.46. The average Bonchev–Trinajstić information content (AvgIpc) is 2.13. The van der Waals surface area contributed by atoms with E-state index in [2.05, 4.69) is 51.7 Å². The van der Waals surface area contributed by atoms with Gasteiger partial charge in [-0.25, -0.2) is 9.98 Å². The predicted molar refractivity (Wildman–Crippen MR) is 62.6 cm³/mol. The number of rotatable bonds is 7. The van der Waals surface area contributed by atoms with E-state index in [9.17, 15) is 0 Å². The topological polar surface area (TPSA) is 24.7 Å². The Hall–Kier alpha value is -0.400. The van der Waals surface area contributed by atoms with Crippen molar-refractivity contribution >= 4 is 34.8 Å². The Labute approximate surface area is 90.2 Å². The van der Waals surface area contributed by atoms with Crippen LogP contribution in [0.4, 0.5) is 0 Å². The minimum absolute atomic E-state index is 0.146. The fourth-order valence-electron chi connectivity index (χ4n) is 1.03. The first kappa shape index (κ1) is 12.6. The second-order valence-corrected chi connectivity index (χ2v) is 3.14. The van der Waals surface area contributed by atoms with Crippen LogP contribution >= 0.6 is 24.4 Å². The van der Waals surface area contributed by atoms with Gasteiger partial charge in [0.15, 0.2) is 6.17 Å². The quantitative estimate of drug-likeness (QED) is 0.368. The summed E-state index contributed by atoms with van der Waals surface area (Å²) in [5.41, 5.74) is 0. The van der Waals surface area contributed by atoms with E-state index in [4.69, 9.17) is 0 Å². The van der Waals surface area contributed by atoms with Gasteiger partial charge in [0.25, 0.3) is 0 Å². The number of nitrogens with zero attached hydrogens (tertiary/aromatic N) is 2.